The molecule has 0 heterocycles. The molecular formula is C25H54N2Sn2. The van der Waals surface area contributed by atoms with E-state index in [2.05, 4.69) is 46.3 Å². The molecule has 0 saturated heterocycles. The maximum absolute atomic E-state index is 10.7. The Kier molecular flexibility index (Phi) is 19.2. The normalized spacial score (nSPS) is 12.2. The van der Waals surface area contributed by atoms with Crippen LogP contribution < -0.4 is 0 Å². The van der Waals surface area contributed by atoms with Crippen LogP contribution in [0.3, 0.4) is 0 Å². The van der Waals surface area contributed by atoms with E-state index in [9.17, 15) is 5.53 Å². The van der Waals surface area contributed by atoms with Gasteiger partial charge >= 0.3 is 194 Å². The number of unbranched alkanes of at least 4 members (excludes halogenated alkanes) is 6. The van der Waals surface area contributed by atoms with Crippen LogP contribution in [0.1, 0.15) is 119 Å². The van der Waals surface area contributed by atoms with E-state index >= 15 is 0 Å². The predicted molar refractivity (Wildman–Crippen MR) is 138 cm³/mol. The van der Waals surface area contributed by atoms with Crippen LogP contribution in [0.25, 0.3) is 5.53 Å². The summed E-state index contributed by atoms with van der Waals surface area (Å²) in [5, 5.41) is 0. The zero-order valence-electron chi connectivity index (χ0n) is 21.1. The topological polar surface area (TPSA) is 36.4 Å². The third-order valence-electron chi connectivity index (χ3n) is 7.16. The van der Waals surface area contributed by atoms with Crippen LogP contribution in [0.15, 0.2) is 0 Å². The summed E-state index contributed by atoms with van der Waals surface area (Å²) < 4.78 is 10.4. The van der Waals surface area contributed by atoms with Crippen molar-refractivity contribution in [2.75, 3.05) is 0 Å². The molecule has 0 aromatic carbocycles. The van der Waals surface area contributed by atoms with Crippen molar-refractivity contribution in [3.63, 3.8) is 0 Å². The van der Waals surface area contributed by atoms with Gasteiger partial charge in [0.05, 0.1) is 0 Å². The molecule has 0 atom stereocenters. The van der Waals surface area contributed by atoms with Crippen molar-refractivity contribution < 1.29 is 4.79 Å². The monoisotopic (exact) mass is 622 g/mol. The molecule has 29 heavy (non-hydrogen) atoms. The maximum atomic E-state index is 10.7. The van der Waals surface area contributed by atoms with Gasteiger partial charge in [-0.3, -0.25) is 0 Å². The molecule has 2 nitrogen and oxygen atoms in total. The van der Waals surface area contributed by atoms with Crippen molar-refractivity contribution in [3.05, 3.63) is 5.53 Å². The molecule has 0 unspecified atom stereocenters. The Morgan fingerprint density at radius 1 is 0.483 bits per heavy atom. The Hall–Kier alpha value is 0.977. The molecule has 0 amide bonds. The summed E-state index contributed by atoms with van der Waals surface area (Å²) in [7, 11) is 0. The minimum absolute atomic E-state index is 1.30. The first-order valence-corrected chi connectivity index (χ1v) is 28.3. The number of hydrogen-bond acceptors (Lipinski definition) is 0. The van der Waals surface area contributed by atoms with Crippen molar-refractivity contribution in [2.45, 2.75) is 145 Å². The molecule has 0 fully saturated rings. The van der Waals surface area contributed by atoms with E-state index in [1.165, 1.54) is 104 Å². The van der Waals surface area contributed by atoms with Gasteiger partial charge in [-0.1, -0.05) is 0 Å². The summed E-state index contributed by atoms with van der Waals surface area (Å²) in [5.41, 5.74) is 10.7. The van der Waals surface area contributed by atoms with Gasteiger partial charge in [-0.2, -0.15) is 0 Å². The van der Waals surface area contributed by atoms with Crippen molar-refractivity contribution in [2.24, 2.45) is 0 Å². The second kappa shape index (κ2) is 18.5. The van der Waals surface area contributed by atoms with Crippen LogP contribution in [0.2, 0.25) is 26.6 Å². The summed E-state index contributed by atoms with van der Waals surface area (Å²) in [6.45, 7) is 14.1. The van der Waals surface area contributed by atoms with Gasteiger partial charge in [-0.25, -0.2) is 0 Å². The van der Waals surface area contributed by atoms with Crippen molar-refractivity contribution in [3.8, 4) is 0 Å². The van der Waals surface area contributed by atoms with Crippen LogP contribution in [0.4, 0.5) is 0 Å². The molecule has 0 rings (SSSR count). The fourth-order valence-electron chi connectivity index (χ4n) is 5.33. The van der Waals surface area contributed by atoms with Gasteiger partial charge in [0.2, 0.25) is 0 Å². The number of nitrogens with zero attached hydrogens (tertiary/aromatic N) is 2. The van der Waals surface area contributed by atoms with Crippen LogP contribution in [0.5, 0.6) is 0 Å². The van der Waals surface area contributed by atoms with E-state index < -0.39 is 36.8 Å². The summed E-state index contributed by atoms with van der Waals surface area (Å²) in [5.74, 6) is 0. The zero-order valence-corrected chi connectivity index (χ0v) is 26.8. The quantitative estimate of drug-likeness (QED) is 0.0563. The van der Waals surface area contributed by atoms with E-state index in [1.807, 2.05) is 0 Å². The average Bonchev–Trinajstić information content (AvgIpc) is 2.75. The second-order valence-electron chi connectivity index (χ2n) is 9.63. The number of rotatable bonds is 20. The van der Waals surface area contributed by atoms with Gasteiger partial charge in [0, 0.05) is 0 Å². The van der Waals surface area contributed by atoms with Gasteiger partial charge < -0.3 is 0 Å². The van der Waals surface area contributed by atoms with E-state index in [4.69, 9.17) is 0 Å². The van der Waals surface area contributed by atoms with Gasteiger partial charge in [0.1, 0.15) is 0 Å². The Morgan fingerprint density at radius 2 is 0.690 bits per heavy atom. The standard InChI is InChI=1S/6C4H9.CN2.2Sn/c6*1-3-4-2;1-3-2;;/h6*1,3-4H2,2H3;;;. The van der Waals surface area contributed by atoms with Crippen molar-refractivity contribution >= 4 is 38.5 Å². The molecule has 0 saturated carbocycles. The molecule has 0 aromatic rings. The van der Waals surface area contributed by atoms with Crippen LogP contribution in [0, 0.1) is 0 Å². The third-order valence-corrected chi connectivity index (χ3v) is 56.2. The molecule has 0 spiro atoms. The number of hydrogen-bond donors (Lipinski definition) is 0. The van der Waals surface area contributed by atoms with Crippen LogP contribution in [-0.4, -0.2) is 43.3 Å². The van der Waals surface area contributed by atoms with Crippen molar-refractivity contribution in [1.82, 2.24) is 0 Å². The van der Waals surface area contributed by atoms with E-state index in [-0.39, 0.29) is 0 Å². The molecule has 172 valence electrons. The summed E-state index contributed by atoms with van der Waals surface area (Å²) in [4.78, 5) is 4.45. The molecule has 0 aliphatic rings. The summed E-state index contributed by atoms with van der Waals surface area (Å²) in [6.07, 6.45) is 16.1. The second-order valence-corrected chi connectivity index (χ2v) is 39.6. The molecular weight excluding hydrogens is 566 g/mol. The van der Waals surface area contributed by atoms with E-state index in [1.54, 1.807) is 1.74 Å². The van der Waals surface area contributed by atoms with Crippen molar-refractivity contribution in [1.29, 1.82) is 0 Å². The average molecular weight is 620 g/mol. The van der Waals surface area contributed by atoms with Gasteiger partial charge in [0.25, 0.3) is 0 Å². The SMILES string of the molecule is CCC[CH2][Sn]([CH2]CCC)([CH2]CCC)[C](=[N+]=[N-])[Sn]([CH2]CCC)([CH2]CCC)[CH2]CCC. The zero-order chi connectivity index (χ0) is 22.0. The fourth-order valence-corrected chi connectivity index (χ4v) is 71.6. The molecule has 0 aromatic heterocycles. The Balaban J connectivity index is 6.36. The summed E-state index contributed by atoms with van der Waals surface area (Å²) >= 11 is -5.28. The fraction of sp³-hybridized carbons (Fsp3) is 0.960. The summed E-state index contributed by atoms with van der Waals surface area (Å²) in [6, 6.07) is 0. The molecule has 0 aliphatic carbocycles. The van der Waals surface area contributed by atoms with Gasteiger partial charge in [0.15, 0.2) is 0 Å². The Labute approximate surface area is 192 Å². The predicted octanol–water partition coefficient (Wildman–Crippen LogP) is 9.43. The first-order valence-electron chi connectivity index (χ1n) is 13.3. The van der Waals surface area contributed by atoms with E-state index in [0.717, 1.165) is 0 Å². The minimum atomic E-state index is -2.64. The van der Waals surface area contributed by atoms with Gasteiger partial charge in [-0.15, -0.1) is 0 Å². The molecule has 4 heteroatoms. The first-order chi connectivity index (χ1) is 14.1. The Morgan fingerprint density at radius 3 is 0.828 bits per heavy atom. The first kappa shape index (κ1) is 30.0. The molecule has 0 bridgehead atoms. The molecule has 0 aliphatic heterocycles. The Bertz CT molecular complexity index is 367. The van der Waals surface area contributed by atoms with Crippen LogP contribution >= 0.6 is 0 Å². The van der Waals surface area contributed by atoms with E-state index in [0.29, 0.717) is 0 Å². The molecule has 0 radical (unpaired) electrons. The third kappa shape index (κ3) is 10.4. The van der Waals surface area contributed by atoms with Gasteiger partial charge in [-0.05, 0) is 0 Å². The molecule has 0 N–H and O–H groups in total. The van der Waals surface area contributed by atoms with Crippen LogP contribution in [-0.2, 0) is 0 Å².